The summed E-state index contributed by atoms with van der Waals surface area (Å²) in [6.45, 7) is 2.29. The molecule has 0 aliphatic carbocycles. The summed E-state index contributed by atoms with van der Waals surface area (Å²) in [5.74, 6) is 0.338. The van der Waals surface area contributed by atoms with Crippen LogP contribution in [0.25, 0.3) is 6.08 Å². The van der Waals surface area contributed by atoms with Crippen molar-refractivity contribution in [2.24, 2.45) is 4.99 Å². The second-order valence-electron chi connectivity index (χ2n) is 6.95. The van der Waals surface area contributed by atoms with Crippen LogP contribution in [0, 0.1) is 6.92 Å². The fourth-order valence-corrected chi connectivity index (χ4v) is 4.98. The smallest absolute Gasteiger partial charge is 0.264 e. The average Bonchev–Trinajstić information content (AvgIpc) is 3.10. The zero-order valence-corrected chi connectivity index (χ0v) is 20.8. The maximum atomic E-state index is 12.5. The largest absolute Gasteiger partial charge is 0.486 e. The summed E-state index contributed by atoms with van der Waals surface area (Å²) < 4.78 is 6.60. The highest BCUT2D eigenvalue weighted by Gasteiger charge is 2.24. The van der Waals surface area contributed by atoms with Crippen LogP contribution >= 0.6 is 50.9 Å². The van der Waals surface area contributed by atoms with E-state index < -0.39 is 0 Å². The van der Waals surface area contributed by atoms with Gasteiger partial charge in [0, 0.05) is 5.02 Å². The molecule has 162 valence electrons. The molecule has 0 atom stereocenters. The summed E-state index contributed by atoms with van der Waals surface area (Å²) in [6, 6.07) is 19.0. The fraction of sp³-hybridized carbons (Fsp3) is 0.0833. The van der Waals surface area contributed by atoms with Crippen LogP contribution in [0.1, 0.15) is 16.7 Å². The average molecular weight is 548 g/mol. The van der Waals surface area contributed by atoms with Crippen molar-refractivity contribution in [2.45, 2.75) is 13.5 Å². The van der Waals surface area contributed by atoms with Gasteiger partial charge in [0.05, 0.1) is 20.1 Å². The Kier molecular flexibility index (Phi) is 7.26. The van der Waals surface area contributed by atoms with E-state index in [1.54, 1.807) is 18.2 Å². The molecule has 8 heteroatoms. The third kappa shape index (κ3) is 5.38. The van der Waals surface area contributed by atoms with Crippen LogP contribution in [0.2, 0.25) is 10.0 Å². The molecule has 0 bridgehead atoms. The van der Waals surface area contributed by atoms with Gasteiger partial charge >= 0.3 is 0 Å². The van der Waals surface area contributed by atoms with E-state index in [0.29, 0.717) is 42.6 Å². The minimum Gasteiger partial charge on any atom is -0.486 e. The van der Waals surface area contributed by atoms with Crippen molar-refractivity contribution >= 4 is 73.7 Å². The van der Waals surface area contributed by atoms with Crippen molar-refractivity contribution in [1.29, 1.82) is 0 Å². The van der Waals surface area contributed by atoms with Crippen molar-refractivity contribution < 1.29 is 9.53 Å². The highest BCUT2D eigenvalue weighted by atomic mass is 79.9. The number of amides is 1. The number of nitrogens with zero attached hydrogens (tertiary/aromatic N) is 1. The zero-order chi connectivity index (χ0) is 22.7. The summed E-state index contributed by atoms with van der Waals surface area (Å²) in [5, 5.41) is 4.37. The Labute approximate surface area is 208 Å². The number of thioether (sulfide) groups is 1. The number of amidine groups is 1. The van der Waals surface area contributed by atoms with Gasteiger partial charge in [-0.25, -0.2) is 4.99 Å². The maximum absolute atomic E-state index is 12.5. The molecule has 1 saturated heterocycles. The molecule has 4 rings (SSSR count). The molecule has 1 aliphatic heterocycles. The number of hydrogen-bond acceptors (Lipinski definition) is 4. The van der Waals surface area contributed by atoms with E-state index in [-0.39, 0.29) is 5.91 Å². The normalized spacial score (nSPS) is 15.9. The van der Waals surface area contributed by atoms with E-state index >= 15 is 0 Å². The number of ether oxygens (including phenoxy) is 1. The molecule has 1 amide bonds. The van der Waals surface area contributed by atoms with Crippen molar-refractivity contribution in [2.75, 3.05) is 0 Å². The Morgan fingerprint density at radius 3 is 2.62 bits per heavy atom. The van der Waals surface area contributed by atoms with Crippen molar-refractivity contribution in [3.63, 3.8) is 0 Å². The summed E-state index contributed by atoms with van der Waals surface area (Å²) >= 11 is 17.4. The minimum atomic E-state index is -0.218. The zero-order valence-electron chi connectivity index (χ0n) is 16.9. The molecule has 1 fully saturated rings. The molecule has 0 aromatic heterocycles. The van der Waals surface area contributed by atoms with Gasteiger partial charge in [0.1, 0.15) is 6.61 Å². The Balaban J connectivity index is 1.52. The summed E-state index contributed by atoms with van der Waals surface area (Å²) in [6.07, 6.45) is 1.77. The van der Waals surface area contributed by atoms with E-state index in [9.17, 15) is 4.79 Å². The Morgan fingerprint density at radius 1 is 1.09 bits per heavy atom. The van der Waals surface area contributed by atoms with E-state index in [1.165, 1.54) is 11.8 Å². The lowest BCUT2D eigenvalue weighted by Gasteiger charge is -2.11. The third-order valence-corrected chi connectivity index (χ3v) is 6.85. The summed E-state index contributed by atoms with van der Waals surface area (Å²) in [4.78, 5) is 17.5. The van der Waals surface area contributed by atoms with Gasteiger partial charge in [-0.3, -0.25) is 4.79 Å². The van der Waals surface area contributed by atoms with Crippen LogP contribution in [0.5, 0.6) is 5.75 Å². The van der Waals surface area contributed by atoms with Gasteiger partial charge in [0.2, 0.25) is 0 Å². The van der Waals surface area contributed by atoms with E-state index in [4.69, 9.17) is 27.9 Å². The topological polar surface area (TPSA) is 50.7 Å². The number of hydrogen-bond donors (Lipinski definition) is 1. The first-order valence-electron chi connectivity index (χ1n) is 9.61. The molecule has 4 nitrogen and oxygen atoms in total. The van der Waals surface area contributed by atoms with E-state index in [1.807, 2.05) is 55.5 Å². The van der Waals surface area contributed by atoms with Gasteiger partial charge in [-0.1, -0.05) is 59.6 Å². The quantitative estimate of drug-likeness (QED) is 0.336. The van der Waals surface area contributed by atoms with Gasteiger partial charge < -0.3 is 10.1 Å². The second-order valence-corrected chi connectivity index (χ2v) is 9.65. The fourth-order valence-electron chi connectivity index (χ4n) is 2.99. The number of carbonyl (C=O) groups is 1. The summed E-state index contributed by atoms with van der Waals surface area (Å²) in [7, 11) is 0. The van der Waals surface area contributed by atoms with Gasteiger partial charge in [-0.05, 0) is 81.6 Å². The second kappa shape index (κ2) is 10.1. The third-order valence-electron chi connectivity index (χ3n) is 4.66. The van der Waals surface area contributed by atoms with Crippen molar-refractivity contribution in [1.82, 2.24) is 5.32 Å². The Bertz CT molecular complexity index is 1220. The SMILES string of the molecule is Cc1c(Cl)cccc1N=C1NC(=O)/C(=C\c2cc(Cl)c(OCc3ccccc3)c(Br)c2)S1. The highest BCUT2D eigenvalue weighted by Crippen LogP contribution is 2.37. The Morgan fingerprint density at radius 2 is 1.88 bits per heavy atom. The van der Waals surface area contributed by atoms with Gasteiger partial charge in [-0.2, -0.15) is 0 Å². The van der Waals surface area contributed by atoms with E-state index in [0.717, 1.165) is 16.7 Å². The lowest BCUT2D eigenvalue weighted by Crippen LogP contribution is -2.19. The number of aliphatic imine (C=N–C) groups is 1. The van der Waals surface area contributed by atoms with Gasteiger partial charge in [0.15, 0.2) is 10.9 Å². The molecular weight excluding hydrogens is 531 g/mol. The lowest BCUT2D eigenvalue weighted by atomic mass is 10.2. The predicted molar refractivity (Wildman–Crippen MR) is 137 cm³/mol. The van der Waals surface area contributed by atoms with Crippen LogP contribution in [0.3, 0.4) is 0 Å². The van der Waals surface area contributed by atoms with Crippen molar-refractivity contribution in [3.8, 4) is 5.75 Å². The molecule has 3 aromatic rings. The molecule has 1 aliphatic rings. The molecule has 0 spiro atoms. The number of carbonyl (C=O) groups excluding carboxylic acids is 1. The first-order valence-corrected chi connectivity index (χ1v) is 12.0. The molecule has 1 N–H and O–H groups in total. The number of nitrogens with one attached hydrogen (secondary N) is 1. The van der Waals surface area contributed by atoms with E-state index in [2.05, 4.69) is 26.2 Å². The van der Waals surface area contributed by atoms with Crippen molar-refractivity contribution in [3.05, 3.63) is 96.8 Å². The van der Waals surface area contributed by atoms with Crippen LogP contribution in [-0.4, -0.2) is 11.1 Å². The molecule has 3 aromatic carbocycles. The predicted octanol–water partition coefficient (Wildman–Crippen LogP) is 7.53. The van der Waals surface area contributed by atoms with Crippen LogP contribution in [-0.2, 0) is 11.4 Å². The molecule has 1 heterocycles. The Hall–Kier alpha value is -2.25. The highest BCUT2D eigenvalue weighted by molar-refractivity contribution is 9.10. The number of benzene rings is 3. The van der Waals surface area contributed by atoms with Crippen LogP contribution in [0.4, 0.5) is 5.69 Å². The molecular formula is C24H17BrCl2N2O2S. The molecule has 0 unspecified atom stereocenters. The van der Waals surface area contributed by atoms with Gasteiger partial charge in [-0.15, -0.1) is 0 Å². The van der Waals surface area contributed by atoms with Crippen LogP contribution < -0.4 is 10.1 Å². The molecule has 0 radical (unpaired) electrons. The first kappa shape index (κ1) is 22.9. The first-order chi connectivity index (χ1) is 15.4. The monoisotopic (exact) mass is 546 g/mol. The number of halogens is 3. The molecule has 32 heavy (non-hydrogen) atoms. The van der Waals surface area contributed by atoms with Gasteiger partial charge in [0.25, 0.3) is 5.91 Å². The standard InChI is InChI=1S/C24H17BrCl2N2O2S/c1-14-18(26)8-5-9-20(14)28-24-29-23(30)21(32-24)12-16-10-17(25)22(19(27)11-16)31-13-15-6-3-2-4-7-15/h2-12H,13H2,1H3,(H,28,29,30)/b21-12+. The minimum absolute atomic E-state index is 0.218. The number of rotatable bonds is 5. The summed E-state index contributed by atoms with van der Waals surface area (Å²) in [5.41, 5.74) is 3.39. The maximum Gasteiger partial charge on any atom is 0.264 e. The molecule has 0 saturated carbocycles. The van der Waals surface area contributed by atoms with Crippen LogP contribution in [0.15, 0.2) is 75.0 Å². The lowest BCUT2D eigenvalue weighted by molar-refractivity contribution is -0.115.